The van der Waals surface area contributed by atoms with E-state index in [1.165, 1.54) is 0 Å². The van der Waals surface area contributed by atoms with Crippen molar-refractivity contribution < 1.29 is 4.79 Å². The summed E-state index contributed by atoms with van der Waals surface area (Å²) < 4.78 is 2.02. The molecule has 5 nitrogen and oxygen atoms in total. The Hall–Kier alpha value is -1.88. The number of nitrogens with zero attached hydrogens (tertiary/aromatic N) is 2. The van der Waals surface area contributed by atoms with Crippen molar-refractivity contribution in [2.45, 2.75) is 13.3 Å². The van der Waals surface area contributed by atoms with Gasteiger partial charge < -0.3 is 4.57 Å². The number of aryl methyl sites for hydroxylation is 2. The van der Waals surface area contributed by atoms with Gasteiger partial charge in [-0.25, -0.2) is 10.8 Å². The lowest BCUT2D eigenvalue weighted by molar-refractivity contribution is -0.120. The monoisotopic (exact) mass is 218 g/mol. The second-order valence-corrected chi connectivity index (χ2v) is 3.79. The van der Waals surface area contributed by atoms with Crippen LogP contribution in [0.4, 0.5) is 0 Å². The van der Waals surface area contributed by atoms with E-state index in [4.69, 9.17) is 5.84 Å². The molecule has 1 aromatic heterocycles. The van der Waals surface area contributed by atoms with Crippen LogP contribution in [0.15, 0.2) is 18.2 Å². The Morgan fingerprint density at radius 2 is 2.31 bits per heavy atom. The van der Waals surface area contributed by atoms with Crippen LogP contribution in [0.25, 0.3) is 11.0 Å². The van der Waals surface area contributed by atoms with Crippen LogP contribution in [-0.2, 0) is 18.3 Å². The number of hydrazine groups is 1. The van der Waals surface area contributed by atoms with Crippen LogP contribution in [0.1, 0.15) is 11.4 Å². The average molecular weight is 218 g/mol. The van der Waals surface area contributed by atoms with Gasteiger partial charge in [0.25, 0.3) is 0 Å². The van der Waals surface area contributed by atoms with E-state index in [2.05, 4.69) is 10.4 Å². The molecule has 0 bridgehead atoms. The molecule has 0 aliphatic carbocycles. The van der Waals surface area contributed by atoms with Crippen molar-refractivity contribution in [2.24, 2.45) is 12.9 Å². The smallest absolute Gasteiger partial charge is 0.238 e. The number of carbonyl (C=O) groups is 1. The molecule has 1 aromatic carbocycles. The highest BCUT2D eigenvalue weighted by Crippen LogP contribution is 2.16. The molecule has 0 aliphatic heterocycles. The normalized spacial score (nSPS) is 10.7. The zero-order chi connectivity index (χ0) is 11.7. The molecule has 16 heavy (non-hydrogen) atoms. The number of nitrogens with two attached hydrogens (primary N) is 1. The summed E-state index contributed by atoms with van der Waals surface area (Å²) in [4.78, 5) is 15.5. The second kappa shape index (κ2) is 3.94. The number of carbonyl (C=O) groups excluding carboxylic acids is 1. The lowest BCUT2D eigenvalue weighted by atomic mass is 10.1. The van der Waals surface area contributed by atoms with Crippen LogP contribution in [0.2, 0.25) is 0 Å². The second-order valence-electron chi connectivity index (χ2n) is 3.79. The number of fused-ring (bicyclic) bond motifs is 1. The van der Waals surface area contributed by atoms with Crippen molar-refractivity contribution in [3.8, 4) is 0 Å². The van der Waals surface area contributed by atoms with E-state index in [1.807, 2.05) is 36.7 Å². The summed E-state index contributed by atoms with van der Waals surface area (Å²) in [6.07, 6.45) is 0.280. The fraction of sp³-hybridized carbons (Fsp3) is 0.273. The number of aromatic nitrogens is 2. The summed E-state index contributed by atoms with van der Waals surface area (Å²) >= 11 is 0. The summed E-state index contributed by atoms with van der Waals surface area (Å²) in [6, 6.07) is 5.80. The Labute approximate surface area is 93.2 Å². The van der Waals surface area contributed by atoms with E-state index in [-0.39, 0.29) is 12.3 Å². The number of imidazole rings is 1. The molecule has 3 N–H and O–H groups in total. The molecule has 1 amide bonds. The number of benzene rings is 1. The maximum absolute atomic E-state index is 11.1. The summed E-state index contributed by atoms with van der Waals surface area (Å²) in [7, 11) is 1.97. The Kier molecular flexibility index (Phi) is 2.62. The highest BCUT2D eigenvalue weighted by atomic mass is 16.2. The molecule has 0 saturated carbocycles. The molecule has 5 heteroatoms. The van der Waals surface area contributed by atoms with E-state index in [1.54, 1.807) is 0 Å². The molecule has 0 unspecified atom stereocenters. The topological polar surface area (TPSA) is 72.9 Å². The maximum Gasteiger partial charge on any atom is 0.238 e. The van der Waals surface area contributed by atoms with E-state index in [0.717, 1.165) is 22.4 Å². The van der Waals surface area contributed by atoms with Crippen LogP contribution in [0.3, 0.4) is 0 Å². The molecule has 0 atom stereocenters. The minimum Gasteiger partial charge on any atom is -0.331 e. The molecule has 0 fully saturated rings. The van der Waals surface area contributed by atoms with Crippen LogP contribution < -0.4 is 11.3 Å². The third-order valence-corrected chi connectivity index (χ3v) is 2.69. The molecule has 0 aliphatic rings. The first kappa shape index (κ1) is 10.6. The summed E-state index contributed by atoms with van der Waals surface area (Å²) in [5, 5.41) is 0. The lowest BCUT2D eigenvalue weighted by Crippen LogP contribution is -2.31. The quantitative estimate of drug-likeness (QED) is 0.436. The summed E-state index contributed by atoms with van der Waals surface area (Å²) in [5.74, 6) is 5.79. The fourth-order valence-corrected chi connectivity index (χ4v) is 1.71. The predicted octanol–water partition coefficient (Wildman–Crippen LogP) is 0.414. The molecule has 84 valence electrons. The van der Waals surface area contributed by atoms with Gasteiger partial charge in [-0.3, -0.25) is 10.2 Å². The van der Waals surface area contributed by atoms with Gasteiger partial charge in [0.1, 0.15) is 5.82 Å². The fourth-order valence-electron chi connectivity index (χ4n) is 1.71. The third kappa shape index (κ3) is 1.77. The number of hydrogen-bond donors (Lipinski definition) is 2. The molecule has 1 heterocycles. The molecule has 2 aromatic rings. The minimum absolute atomic E-state index is 0.202. The van der Waals surface area contributed by atoms with Gasteiger partial charge in [0, 0.05) is 7.05 Å². The highest BCUT2D eigenvalue weighted by molar-refractivity contribution is 5.81. The SMILES string of the molecule is Cc1nc2cc(CC(=O)NN)ccc2n1C. The first-order valence-corrected chi connectivity index (χ1v) is 5.03. The maximum atomic E-state index is 11.1. The van der Waals surface area contributed by atoms with Crippen LogP contribution >= 0.6 is 0 Å². The molecule has 0 saturated heterocycles. The Balaban J connectivity index is 2.41. The van der Waals surface area contributed by atoms with E-state index < -0.39 is 0 Å². The van der Waals surface area contributed by atoms with Gasteiger partial charge >= 0.3 is 0 Å². The van der Waals surface area contributed by atoms with Crippen molar-refractivity contribution in [3.63, 3.8) is 0 Å². The molecule has 2 rings (SSSR count). The minimum atomic E-state index is -0.202. The molecular weight excluding hydrogens is 204 g/mol. The van der Waals surface area contributed by atoms with Crippen molar-refractivity contribution >= 4 is 16.9 Å². The van der Waals surface area contributed by atoms with Gasteiger partial charge in [-0.2, -0.15) is 0 Å². The zero-order valence-corrected chi connectivity index (χ0v) is 9.32. The zero-order valence-electron chi connectivity index (χ0n) is 9.32. The van der Waals surface area contributed by atoms with Gasteiger partial charge in [0.2, 0.25) is 5.91 Å². The molecular formula is C11H14N4O. The molecule has 0 radical (unpaired) electrons. The average Bonchev–Trinajstić information content (AvgIpc) is 2.54. The Morgan fingerprint density at radius 1 is 1.56 bits per heavy atom. The van der Waals surface area contributed by atoms with E-state index in [9.17, 15) is 4.79 Å². The van der Waals surface area contributed by atoms with E-state index >= 15 is 0 Å². The van der Waals surface area contributed by atoms with Crippen molar-refractivity contribution in [3.05, 3.63) is 29.6 Å². The summed E-state index contributed by atoms with van der Waals surface area (Å²) in [5.41, 5.74) is 4.99. The first-order valence-electron chi connectivity index (χ1n) is 5.03. The van der Waals surface area contributed by atoms with Gasteiger partial charge in [-0.15, -0.1) is 0 Å². The van der Waals surface area contributed by atoms with Crippen LogP contribution in [-0.4, -0.2) is 15.5 Å². The van der Waals surface area contributed by atoms with E-state index in [0.29, 0.717) is 0 Å². The van der Waals surface area contributed by atoms with Gasteiger partial charge in [-0.05, 0) is 24.6 Å². The van der Waals surface area contributed by atoms with Crippen LogP contribution in [0.5, 0.6) is 0 Å². The number of amides is 1. The number of nitrogens with one attached hydrogen (secondary N) is 1. The van der Waals surface area contributed by atoms with Gasteiger partial charge in [-0.1, -0.05) is 6.07 Å². The highest BCUT2D eigenvalue weighted by Gasteiger charge is 2.06. The summed E-state index contributed by atoms with van der Waals surface area (Å²) in [6.45, 7) is 1.95. The number of hydrogen-bond acceptors (Lipinski definition) is 3. The Bertz CT molecular complexity index is 544. The van der Waals surface area contributed by atoms with Crippen LogP contribution in [0, 0.1) is 6.92 Å². The first-order chi connectivity index (χ1) is 7.61. The van der Waals surface area contributed by atoms with Gasteiger partial charge in [0.15, 0.2) is 0 Å². The van der Waals surface area contributed by atoms with Gasteiger partial charge in [0.05, 0.1) is 17.5 Å². The predicted molar refractivity (Wildman–Crippen MR) is 61.5 cm³/mol. The van der Waals surface area contributed by atoms with Crippen molar-refractivity contribution in [1.29, 1.82) is 0 Å². The number of rotatable bonds is 2. The standard InChI is InChI=1S/C11H14N4O/c1-7-13-9-5-8(6-11(16)14-12)3-4-10(9)15(7)2/h3-5H,6,12H2,1-2H3,(H,14,16). The van der Waals surface area contributed by atoms with Crippen molar-refractivity contribution in [2.75, 3.05) is 0 Å². The lowest BCUT2D eigenvalue weighted by Gasteiger charge is -2.01. The third-order valence-electron chi connectivity index (χ3n) is 2.69. The Morgan fingerprint density at radius 3 is 3.00 bits per heavy atom. The largest absolute Gasteiger partial charge is 0.331 e. The van der Waals surface area contributed by atoms with Crippen molar-refractivity contribution in [1.82, 2.24) is 15.0 Å². The molecule has 0 spiro atoms.